The summed E-state index contributed by atoms with van der Waals surface area (Å²) in [5, 5.41) is 6.31. The van der Waals surface area contributed by atoms with Crippen molar-refractivity contribution < 1.29 is 9.53 Å². The molecule has 0 spiro atoms. The van der Waals surface area contributed by atoms with Gasteiger partial charge in [0.15, 0.2) is 5.96 Å². The van der Waals surface area contributed by atoms with Crippen molar-refractivity contribution in [1.82, 2.24) is 15.5 Å². The molecule has 0 aromatic rings. The highest BCUT2D eigenvalue weighted by atomic mass is 127. The molecule has 0 radical (unpaired) electrons. The molecular weight excluding hydrogens is 371 g/mol. The van der Waals surface area contributed by atoms with Crippen LogP contribution in [-0.4, -0.2) is 55.3 Å². The first-order chi connectivity index (χ1) is 8.85. The van der Waals surface area contributed by atoms with E-state index in [0.29, 0.717) is 25.6 Å². The summed E-state index contributed by atoms with van der Waals surface area (Å²) in [5.41, 5.74) is -0.447. The van der Waals surface area contributed by atoms with Crippen LogP contribution in [0.1, 0.15) is 20.8 Å². The van der Waals surface area contributed by atoms with Crippen LogP contribution in [0.4, 0.5) is 4.79 Å². The summed E-state index contributed by atoms with van der Waals surface area (Å²) < 4.78 is 5.29. The number of rotatable bonds is 3. The highest BCUT2D eigenvalue weighted by Gasteiger charge is 2.33. The topological polar surface area (TPSA) is 66.0 Å². The molecule has 7 heteroatoms. The summed E-state index contributed by atoms with van der Waals surface area (Å²) in [6.45, 7) is 11.1. The molecule has 0 aliphatic carbocycles. The Morgan fingerprint density at radius 2 is 2.10 bits per heavy atom. The molecule has 0 unspecified atom stereocenters. The van der Waals surface area contributed by atoms with Crippen molar-refractivity contribution in [2.75, 3.05) is 26.7 Å². The van der Waals surface area contributed by atoms with Crippen molar-refractivity contribution in [3.8, 4) is 0 Å². The largest absolute Gasteiger partial charge is 0.444 e. The maximum absolute atomic E-state index is 11.7. The minimum Gasteiger partial charge on any atom is -0.444 e. The highest BCUT2D eigenvalue weighted by Crippen LogP contribution is 2.14. The van der Waals surface area contributed by atoms with E-state index in [1.807, 2.05) is 20.8 Å². The zero-order chi connectivity index (χ0) is 14.5. The van der Waals surface area contributed by atoms with Gasteiger partial charge in [0, 0.05) is 26.7 Å². The van der Waals surface area contributed by atoms with Gasteiger partial charge in [-0.2, -0.15) is 0 Å². The van der Waals surface area contributed by atoms with Crippen molar-refractivity contribution >= 4 is 36.0 Å². The lowest BCUT2D eigenvalue weighted by Gasteiger charge is -2.40. The number of guanidine groups is 1. The highest BCUT2D eigenvalue weighted by molar-refractivity contribution is 14.0. The lowest BCUT2D eigenvalue weighted by molar-refractivity contribution is 0.00702. The van der Waals surface area contributed by atoms with Gasteiger partial charge in [-0.05, 0) is 20.8 Å². The summed E-state index contributed by atoms with van der Waals surface area (Å²) in [6.07, 6.45) is 1.50. The Morgan fingerprint density at radius 1 is 1.50 bits per heavy atom. The SMILES string of the molecule is C=CCNC(=NC)NC1CN(C(=O)OC(C)(C)C)C1.I. The molecule has 1 aliphatic rings. The van der Waals surface area contributed by atoms with Gasteiger partial charge in [-0.25, -0.2) is 4.79 Å². The van der Waals surface area contributed by atoms with Gasteiger partial charge >= 0.3 is 6.09 Å². The monoisotopic (exact) mass is 396 g/mol. The Kier molecular flexibility index (Phi) is 7.92. The van der Waals surface area contributed by atoms with E-state index in [1.54, 1.807) is 18.0 Å². The number of likely N-dealkylation sites (tertiary alicyclic amines) is 1. The summed E-state index contributed by atoms with van der Waals surface area (Å²) in [7, 11) is 1.71. The van der Waals surface area contributed by atoms with Crippen LogP contribution in [0.15, 0.2) is 17.6 Å². The predicted octanol–water partition coefficient (Wildman–Crippen LogP) is 1.57. The molecule has 0 bridgehead atoms. The standard InChI is InChI=1S/C13H24N4O2.HI/c1-6-7-15-11(14-5)16-10-8-17(9-10)12(18)19-13(2,3)4;/h6,10H,1,7-9H2,2-5H3,(H2,14,15,16);1H. The van der Waals surface area contributed by atoms with Crippen molar-refractivity contribution in [3.63, 3.8) is 0 Å². The third kappa shape index (κ3) is 6.44. The fraction of sp³-hybridized carbons (Fsp3) is 0.692. The Hall–Kier alpha value is -0.990. The Morgan fingerprint density at radius 3 is 2.55 bits per heavy atom. The van der Waals surface area contributed by atoms with Gasteiger partial charge in [-0.3, -0.25) is 4.99 Å². The third-order valence-corrected chi connectivity index (χ3v) is 2.51. The fourth-order valence-corrected chi connectivity index (χ4v) is 1.60. The van der Waals surface area contributed by atoms with Gasteiger partial charge in [-0.1, -0.05) is 6.08 Å². The number of carbonyl (C=O) groups is 1. The average molecular weight is 396 g/mol. The molecule has 1 saturated heterocycles. The van der Waals surface area contributed by atoms with Gasteiger partial charge < -0.3 is 20.3 Å². The molecule has 6 nitrogen and oxygen atoms in total. The average Bonchev–Trinajstić information content (AvgIpc) is 2.24. The second-order valence-corrected chi connectivity index (χ2v) is 5.47. The number of nitrogens with zero attached hydrogens (tertiary/aromatic N) is 2. The van der Waals surface area contributed by atoms with Crippen LogP contribution in [-0.2, 0) is 4.74 Å². The first-order valence-corrected chi connectivity index (χ1v) is 6.41. The predicted molar refractivity (Wildman–Crippen MR) is 91.7 cm³/mol. The molecule has 0 atom stereocenters. The maximum Gasteiger partial charge on any atom is 0.410 e. The zero-order valence-corrected chi connectivity index (χ0v) is 14.9. The second kappa shape index (κ2) is 8.33. The number of hydrogen-bond acceptors (Lipinski definition) is 3. The van der Waals surface area contributed by atoms with Crippen LogP contribution < -0.4 is 10.6 Å². The first-order valence-electron chi connectivity index (χ1n) is 6.41. The number of halogens is 1. The van der Waals surface area contributed by atoms with Crippen molar-refractivity contribution in [1.29, 1.82) is 0 Å². The van der Waals surface area contributed by atoms with Gasteiger partial charge in [0.05, 0.1) is 6.04 Å². The summed E-state index contributed by atoms with van der Waals surface area (Å²) >= 11 is 0. The van der Waals surface area contributed by atoms with Gasteiger partial charge in [0.2, 0.25) is 0 Å². The molecule has 1 fully saturated rings. The number of amides is 1. The molecule has 1 aliphatic heterocycles. The summed E-state index contributed by atoms with van der Waals surface area (Å²) in [4.78, 5) is 17.5. The minimum atomic E-state index is -0.447. The van der Waals surface area contributed by atoms with Crippen molar-refractivity contribution in [2.45, 2.75) is 32.4 Å². The lowest BCUT2D eigenvalue weighted by Crippen LogP contribution is -2.63. The van der Waals surface area contributed by atoms with Crippen LogP contribution in [0.2, 0.25) is 0 Å². The quantitative estimate of drug-likeness (QED) is 0.329. The molecule has 116 valence electrons. The normalized spacial score (nSPS) is 15.8. The van der Waals surface area contributed by atoms with Crippen LogP contribution in [0.25, 0.3) is 0 Å². The number of hydrogen-bond donors (Lipinski definition) is 2. The van der Waals surface area contributed by atoms with Gasteiger partial charge in [0.1, 0.15) is 5.60 Å². The van der Waals surface area contributed by atoms with E-state index in [1.165, 1.54) is 0 Å². The van der Waals surface area contributed by atoms with Gasteiger partial charge in [0.25, 0.3) is 0 Å². The van der Waals surface area contributed by atoms with Crippen molar-refractivity contribution in [3.05, 3.63) is 12.7 Å². The smallest absolute Gasteiger partial charge is 0.410 e. The van der Waals surface area contributed by atoms with E-state index in [0.717, 1.165) is 0 Å². The first kappa shape index (κ1) is 19.0. The number of aliphatic imine (C=N–C) groups is 1. The van der Waals surface area contributed by atoms with Crippen LogP contribution in [0.3, 0.4) is 0 Å². The number of carbonyl (C=O) groups excluding carboxylic acids is 1. The van der Waals surface area contributed by atoms with Gasteiger partial charge in [-0.15, -0.1) is 30.6 Å². The van der Waals surface area contributed by atoms with E-state index in [4.69, 9.17) is 4.74 Å². The number of ether oxygens (including phenoxy) is 1. The van der Waals surface area contributed by atoms with E-state index < -0.39 is 5.60 Å². The maximum atomic E-state index is 11.7. The molecular formula is C13H25IN4O2. The van der Waals surface area contributed by atoms with Crippen LogP contribution in [0.5, 0.6) is 0 Å². The molecule has 0 saturated carbocycles. The molecule has 20 heavy (non-hydrogen) atoms. The van der Waals surface area contributed by atoms with Crippen LogP contribution >= 0.6 is 24.0 Å². The third-order valence-electron chi connectivity index (χ3n) is 2.51. The number of nitrogens with one attached hydrogen (secondary N) is 2. The van der Waals surface area contributed by atoms with E-state index in [2.05, 4.69) is 22.2 Å². The van der Waals surface area contributed by atoms with E-state index >= 15 is 0 Å². The fourth-order valence-electron chi connectivity index (χ4n) is 1.60. The molecule has 2 N–H and O–H groups in total. The Labute approximate surface area is 138 Å². The summed E-state index contributed by atoms with van der Waals surface area (Å²) in [5.74, 6) is 0.716. The zero-order valence-electron chi connectivity index (χ0n) is 12.6. The minimum absolute atomic E-state index is 0. The van der Waals surface area contributed by atoms with E-state index in [-0.39, 0.29) is 36.1 Å². The molecule has 0 aromatic heterocycles. The molecule has 0 aromatic carbocycles. The molecule has 1 rings (SSSR count). The Bertz CT molecular complexity index is 360. The Balaban J connectivity index is 0.00000361. The van der Waals surface area contributed by atoms with E-state index in [9.17, 15) is 4.79 Å². The lowest BCUT2D eigenvalue weighted by atomic mass is 10.1. The van der Waals surface area contributed by atoms with Crippen molar-refractivity contribution in [2.24, 2.45) is 4.99 Å². The van der Waals surface area contributed by atoms with Crippen LogP contribution in [0, 0.1) is 0 Å². The second-order valence-electron chi connectivity index (χ2n) is 5.47. The molecule has 1 amide bonds. The summed E-state index contributed by atoms with van der Waals surface area (Å²) in [6, 6.07) is 0.212. The molecule has 1 heterocycles.